The highest BCUT2D eigenvalue weighted by Gasteiger charge is 2.40. The number of hydrogen-bond donors (Lipinski definition) is 0. The summed E-state index contributed by atoms with van der Waals surface area (Å²) in [5, 5.41) is 0. The summed E-state index contributed by atoms with van der Waals surface area (Å²) in [6, 6.07) is 4.28. The molecule has 0 amide bonds. The van der Waals surface area contributed by atoms with Crippen molar-refractivity contribution in [1.82, 2.24) is 4.98 Å². The van der Waals surface area contributed by atoms with Gasteiger partial charge in [0.1, 0.15) is 0 Å². The van der Waals surface area contributed by atoms with Crippen LogP contribution in [0.2, 0.25) is 0 Å². The van der Waals surface area contributed by atoms with Crippen LogP contribution < -0.4 is 0 Å². The van der Waals surface area contributed by atoms with Crippen molar-refractivity contribution in [2.24, 2.45) is 11.3 Å². The first-order valence-corrected chi connectivity index (χ1v) is 7.48. The molecular formula is C15H22BrN. The van der Waals surface area contributed by atoms with Crippen molar-refractivity contribution in [2.75, 3.05) is 0 Å². The lowest BCUT2D eigenvalue weighted by molar-refractivity contribution is 0.245. The zero-order valence-corrected chi connectivity index (χ0v) is 12.6. The fourth-order valence-electron chi connectivity index (χ4n) is 3.14. The van der Waals surface area contributed by atoms with Gasteiger partial charge in [0.2, 0.25) is 0 Å². The SMILES string of the molecule is CC(c1ccncc1)C(Br)C1CCCC1(C)C. The highest BCUT2D eigenvalue weighted by molar-refractivity contribution is 9.09. The van der Waals surface area contributed by atoms with Crippen molar-refractivity contribution in [2.45, 2.75) is 50.8 Å². The van der Waals surface area contributed by atoms with Gasteiger partial charge in [0.15, 0.2) is 0 Å². The van der Waals surface area contributed by atoms with Gasteiger partial charge in [-0.2, -0.15) is 0 Å². The van der Waals surface area contributed by atoms with Crippen molar-refractivity contribution in [3.63, 3.8) is 0 Å². The second-order valence-electron chi connectivity index (χ2n) is 6.00. The molecule has 0 saturated heterocycles. The normalized spacial score (nSPS) is 26.7. The average molecular weight is 296 g/mol. The van der Waals surface area contributed by atoms with E-state index in [-0.39, 0.29) is 0 Å². The van der Waals surface area contributed by atoms with Crippen LogP contribution >= 0.6 is 15.9 Å². The second-order valence-corrected chi connectivity index (χ2v) is 7.06. The Morgan fingerprint density at radius 3 is 2.53 bits per heavy atom. The molecule has 3 atom stereocenters. The molecule has 1 aliphatic rings. The largest absolute Gasteiger partial charge is 0.265 e. The van der Waals surface area contributed by atoms with Gasteiger partial charge in [-0.3, -0.25) is 4.98 Å². The molecule has 2 rings (SSSR count). The third-order valence-electron chi connectivity index (χ3n) is 4.43. The molecule has 1 aromatic rings. The molecule has 0 spiro atoms. The van der Waals surface area contributed by atoms with E-state index in [2.05, 4.69) is 53.8 Å². The van der Waals surface area contributed by atoms with Gasteiger partial charge in [0, 0.05) is 17.2 Å². The molecule has 0 N–H and O–H groups in total. The minimum Gasteiger partial charge on any atom is -0.265 e. The Morgan fingerprint density at radius 2 is 2.00 bits per heavy atom. The Kier molecular flexibility index (Phi) is 3.92. The summed E-state index contributed by atoms with van der Waals surface area (Å²) in [5.74, 6) is 1.34. The summed E-state index contributed by atoms with van der Waals surface area (Å²) < 4.78 is 0. The van der Waals surface area contributed by atoms with Crippen molar-refractivity contribution < 1.29 is 0 Å². The summed E-state index contributed by atoms with van der Waals surface area (Å²) in [4.78, 5) is 4.67. The average Bonchev–Trinajstić information content (AvgIpc) is 2.68. The Bertz CT molecular complexity index is 360. The van der Waals surface area contributed by atoms with Gasteiger partial charge in [0.25, 0.3) is 0 Å². The van der Waals surface area contributed by atoms with Crippen molar-refractivity contribution in [1.29, 1.82) is 0 Å². The number of hydrogen-bond acceptors (Lipinski definition) is 1. The van der Waals surface area contributed by atoms with E-state index in [4.69, 9.17) is 0 Å². The van der Waals surface area contributed by atoms with Crippen LogP contribution in [0.1, 0.15) is 51.5 Å². The first-order chi connectivity index (χ1) is 8.02. The van der Waals surface area contributed by atoms with Crippen molar-refractivity contribution in [3.8, 4) is 0 Å². The lowest BCUT2D eigenvalue weighted by atomic mass is 9.76. The third kappa shape index (κ3) is 2.73. The molecule has 1 nitrogen and oxygen atoms in total. The van der Waals surface area contributed by atoms with Gasteiger partial charge in [-0.05, 0) is 47.8 Å². The van der Waals surface area contributed by atoms with E-state index in [9.17, 15) is 0 Å². The van der Waals surface area contributed by atoms with Crippen molar-refractivity contribution >= 4 is 15.9 Å². The van der Waals surface area contributed by atoms with E-state index in [0.29, 0.717) is 16.2 Å². The maximum absolute atomic E-state index is 4.10. The van der Waals surface area contributed by atoms with Crippen LogP contribution in [-0.2, 0) is 0 Å². The maximum Gasteiger partial charge on any atom is 0.0270 e. The fourth-order valence-corrected chi connectivity index (χ4v) is 4.43. The highest BCUT2D eigenvalue weighted by Crippen LogP contribution is 2.49. The lowest BCUT2D eigenvalue weighted by Crippen LogP contribution is -2.29. The van der Waals surface area contributed by atoms with Gasteiger partial charge >= 0.3 is 0 Å². The van der Waals surface area contributed by atoms with Crippen molar-refractivity contribution in [3.05, 3.63) is 30.1 Å². The number of nitrogens with zero attached hydrogens (tertiary/aromatic N) is 1. The van der Waals surface area contributed by atoms with Gasteiger partial charge < -0.3 is 0 Å². The molecule has 1 saturated carbocycles. The Morgan fingerprint density at radius 1 is 1.35 bits per heavy atom. The van der Waals surface area contributed by atoms with E-state index in [1.165, 1.54) is 24.8 Å². The standard InChI is InChI=1S/C15H22BrN/c1-11(12-6-9-17-10-7-12)14(16)13-5-4-8-15(13,2)3/h6-7,9-11,13-14H,4-5,8H2,1-3H3. The molecule has 0 radical (unpaired) electrons. The molecule has 0 bridgehead atoms. The third-order valence-corrected chi connectivity index (χ3v) is 5.87. The monoisotopic (exact) mass is 295 g/mol. The van der Waals surface area contributed by atoms with E-state index in [1.807, 2.05) is 12.4 Å². The molecule has 1 aromatic heterocycles. The summed E-state index contributed by atoms with van der Waals surface area (Å²) >= 11 is 3.96. The van der Waals surface area contributed by atoms with Gasteiger partial charge in [-0.25, -0.2) is 0 Å². The number of rotatable bonds is 3. The minimum absolute atomic E-state index is 0.482. The van der Waals surface area contributed by atoms with Crippen LogP contribution in [0.3, 0.4) is 0 Å². The number of halogens is 1. The van der Waals surface area contributed by atoms with Gasteiger partial charge in [-0.15, -0.1) is 0 Å². The molecule has 94 valence electrons. The summed E-state index contributed by atoms with van der Waals surface area (Å²) in [6.45, 7) is 7.15. The topological polar surface area (TPSA) is 12.9 Å². The van der Waals surface area contributed by atoms with Gasteiger partial charge in [0.05, 0.1) is 0 Å². The van der Waals surface area contributed by atoms with E-state index in [0.717, 1.165) is 5.92 Å². The Hall–Kier alpha value is -0.370. The smallest absolute Gasteiger partial charge is 0.0270 e. The van der Waals surface area contributed by atoms with Crippen LogP contribution in [0, 0.1) is 11.3 Å². The maximum atomic E-state index is 4.10. The van der Waals surface area contributed by atoms with E-state index < -0.39 is 0 Å². The number of alkyl halides is 1. The highest BCUT2D eigenvalue weighted by atomic mass is 79.9. The van der Waals surface area contributed by atoms with Gasteiger partial charge in [-0.1, -0.05) is 43.1 Å². The second kappa shape index (κ2) is 5.09. The van der Waals surface area contributed by atoms with Crippen LogP contribution in [0.15, 0.2) is 24.5 Å². The van der Waals surface area contributed by atoms with Crippen LogP contribution in [-0.4, -0.2) is 9.81 Å². The lowest BCUT2D eigenvalue weighted by Gasteiger charge is -2.34. The van der Waals surface area contributed by atoms with E-state index >= 15 is 0 Å². The summed E-state index contributed by atoms with van der Waals surface area (Å²) in [7, 11) is 0. The fraction of sp³-hybridized carbons (Fsp3) is 0.667. The molecule has 1 heterocycles. The predicted octanol–water partition coefficient (Wildman–Crippen LogP) is 4.77. The quantitative estimate of drug-likeness (QED) is 0.732. The molecular weight excluding hydrogens is 274 g/mol. The molecule has 1 aliphatic carbocycles. The Balaban J connectivity index is 2.12. The first kappa shape index (κ1) is 13.1. The minimum atomic E-state index is 0.482. The number of pyridine rings is 1. The predicted molar refractivity (Wildman–Crippen MR) is 76.5 cm³/mol. The molecule has 0 aromatic carbocycles. The van der Waals surface area contributed by atoms with Crippen LogP contribution in [0.4, 0.5) is 0 Å². The zero-order chi connectivity index (χ0) is 12.5. The summed E-state index contributed by atoms with van der Waals surface area (Å²) in [6.07, 6.45) is 7.89. The molecule has 3 unspecified atom stereocenters. The first-order valence-electron chi connectivity index (χ1n) is 6.56. The summed E-state index contributed by atoms with van der Waals surface area (Å²) in [5.41, 5.74) is 1.87. The molecule has 0 aliphatic heterocycles. The molecule has 1 fully saturated rings. The molecule has 17 heavy (non-hydrogen) atoms. The Labute approximate surface area is 113 Å². The number of aromatic nitrogens is 1. The van der Waals surface area contributed by atoms with E-state index in [1.54, 1.807) is 0 Å². The van der Waals surface area contributed by atoms with Crippen LogP contribution in [0.5, 0.6) is 0 Å². The van der Waals surface area contributed by atoms with Crippen LogP contribution in [0.25, 0.3) is 0 Å². The zero-order valence-electron chi connectivity index (χ0n) is 11.0. The molecule has 2 heteroatoms.